The summed E-state index contributed by atoms with van der Waals surface area (Å²) in [5, 5.41) is 9.07. The minimum atomic E-state index is -0.144. The molecule has 1 saturated carbocycles. The van der Waals surface area contributed by atoms with E-state index in [9.17, 15) is 9.59 Å². The third-order valence-electron chi connectivity index (χ3n) is 4.69. The van der Waals surface area contributed by atoms with Crippen molar-refractivity contribution in [1.29, 1.82) is 0 Å². The van der Waals surface area contributed by atoms with Crippen LogP contribution < -0.4 is 25.4 Å². The molecule has 3 rings (SSSR count). The highest BCUT2D eigenvalue weighted by atomic mass is 35.5. The highest BCUT2D eigenvalue weighted by Crippen LogP contribution is 2.30. The van der Waals surface area contributed by atoms with Gasteiger partial charge in [0.1, 0.15) is 0 Å². The zero-order valence-corrected chi connectivity index (χ0v) is 16.4. The van der Waals surface area contributed by atoms with Crippen molar-refractivity contribution in [2.24, 2.45) is 5.92 Å². The van der Waals surface area contributed by atoms with Crippen LogP contribution in [0.1, 0.15) is 32.1 Å². The number of carbonyl (C=O) groups is 2. The van der Waals surface area contributed by atoms with Gasteiger partial charge in [-0.05, 0) is 56.8 Å². The molecule has 0 radical (unpaired) electrons. The molecule has 1 aromatic rings. The molecular formula is C19H28ClN3O4. The Morgan fingerprint density at radius 1 is 1.19 bits per heavy atom. The van der Waals surface area contributed by atoms with E-state index in [1.54, 1.807) is 25.3 Å². The Morgan fingerprint density at radius 2 is 2.00 bits per heavy atom. The molecule has 1 unspecified atom stereocenters. The lowest BCUT2D eigenvalue weighted by molar-refractivity contribution is -0.123. The Morgan fingerprint density at radius 3 is 2.67 bits per heavy atom. The molecule has 1 aromatic carbocycles. The first kappa shape index (κ1) is 21.3. The Hall–Kier alpha value is -1.99. The smallest absolute Gasteiger partial charge is 0.258 e. The first-order valence-corrected chi connectivity index (χ1v) is 9.25. The van der Waals surface area contributed by atoms with Crippen molar-refractivity contribution >= 4 is 29.9 Å². The van der Waals surface area contributed by atoms with Crippen LogP contribution in [0.25, 0.3) is 0 Å². The fraction of sp³-hybridized carbons (Fsp3) is 0.579. The molecule has 8 heteroatoms. The van der Waals surface area contributed by atoms with Gasteiger partial charge in [0.15, 0.2) is 18.1 Å². The maximum atomic E-state index is 12.2. The van der Waals surface area contributed by atoms with Gasteiger partial charge in [0.25, 0.3) is 5.91 Å². The van der Waals surface area contributed by atoms with Crippen molar-refractivity contribution < 1.29 is 19.1 Å². The van der Waals surface area contributed by atoms with Gasteiger partial charge in [0.2, 0.25) is 5.91 Å². The molecule has 1 heterocycles. The van der Waals surface area contributed by atoms with Crippen molar-refractivity contribution in [3.05, 3.63) is 18.2 Å². The van der Waals surface area contributed by atoms with Crippen LogP contribution in [0.5, 0.6) is 11.5 Å². The lowest BCUT2D eigenvalue weighted by Crippen LogP contribution is -2.30. The molecule has 3 N–H and O–H groups in total. The first-order chi connectivity index (χ1) is 12.6. The van der Waals surface area contributed by atoms with Crippen molar-refractivity contribution in [1.82, 2.24) is 10.6 Å². The molecule has 1 saturated heterocycles. The summed E-state index contributed by atoms with van der Waals surface area (Å²) in [6.45, 7) is 1.97. The topological polar surface area (TPSA) is 88.7 Å². The normalized spacial score (nSPS) is 18.3. The molecule has 0 spiro atoms. The molecular weight excluding hydrogens is 370 g/mol. The van der Waals surface area contributed by atoms with Crippen LogP contribution in [-0.2, 0) is 9.59 Å². The molecule has 0 aromatic heterocycles. The summed E-state index contributed by atoms with van der Waals surface area (Å²) in [7, 11) is 1.54. The molecule has 2 amide bonds. The van der Waals surface area contributed by atoms with Gasteiger partial charge >= 0.3 is 0 Å². The van der Waals surface area contributed by atoms with Gasteiger partial charge in [-0.15, -0.1) is 12.4 Å². The van der Waals surface area contributed by atoms with Crippen molar-refractivity contribution in [2.45, 2.75) is 38.1 Å². The highest BCUT2D eigenvalue weighted by Gasteiger charge is 2.23. The molecule has 27 heavy (non-hydrogen) atoms. The molecule has 2 aliphatic rings. The summed E-state index contributed by atoms with van der Waals surface area (Å²) in [5.74, 6) is 1.39. The standard InChI is InChI=1S/C19H27N3O4.ClH/c1-25-16-6-5-15(22-18(23)7-2-13-8-9-20-11-13)10-17(16)26-12-19(24)21-14-3-4-14;/h5-6,10,13-14,20H,2-4,7-9,11-12H2,1H3,(H,21,24)(H,22,23);1H. The Labute approximate surface area is 166 Å². The number of ether oxygens (including phenoxy) is 2. The van der Waals surface area contributed by atoms with E-state index in [1.165, 1.54) is 0 Å². The predicted molar refractivity (Wildman–Crippen MR) is 106 cm³/mol. The minimum absolute atomic E-state index is 0. The third kappa shape index (κ3) is 6.92. The summed E-state index contributed by atoms with van der Waals surface area (Å²) in [6, 6.07) is 5.49. The lowest BCUT2D eigenvalue weighted by atomic mass is 10.0. The fourth-order valence-corrected chi connectivity index (χ4v) is 3.03. The van der Waals surface area contributed by atoms with Gasteiger partial charge in [-0.1, -0.05) is 0 Å². The Bertz CT molecular complexity index is 646. The minimum Gasteiger partial charge on any atom is -0.493 e. The number of hydrogen-bond donors (Lipinski definition) is 3. The zero-order chi connectivity index (χ0) is 18.4. The predicted octanol–water partition coefficient (Wildman–Crippen LogP) is 2.10. The number of amides is 2. The number of halogens is 1. The fourth-order valence-electron chi connectivity index (χ4n) is 3.03. The molecule has 1 atom stereocenters. The molecule has 150 valence electrons. The van der Waals surface area contributed by atoms with E-state index in [2.05, 4.69) is 16.0 Å². The average molecular weight is 398 g/mol. The van der Waals surface area contributed by atoms with Crippen LogP contribution in [0.15, 0.2) is 18.2 Å². The SMILES string of the molecule is COc1ccc(NC(=O)CCC2CCNC2)cc1OCC(=O)NC1CC1.Cl. The molecule has 7 nitrogen and oxygen atoms in total. The number of rotatable bonds is 9. The average Bonchev–Trinajstić information content (AvgIpc) is 3.29. The van der Waals surface area contributed by atoms with E-state index < -0.39 is 0 Å². The van der Waals surface area contributed by atoms with Crippen molar-refractivity contribution in [2.75, 3.05) is 32.1 Å². The van der Waals surface area contributed by atoms with Gasteiger partial charge in [0.05, 0.1) is 7.11 Å². The summed E-state index contributed by atoms with van der Waals surface area (Å²) in [4.78, 5) is 23.9. The number of nitrogens with one attached hydrogen (secondary N) is 3. The van der Waals surface area contributed by atoms with E-state index in [0.29, 0.717) is 35.6 Å². The largest absolute Gasteiger partial charge is 0.493 e. The van der Waals surface area contributed by atoms with E-state index in [-0.39, 0.29) is 30.8 Å². The second-order valence-electron chi connectivity index (χ2n) is 6.94. The Balaban J connectivity index is 0.00000261. The summed E-state index contributed by atoms with van der Waals surface area (Å²) >= 11 is 0. The molecule has 1 aliphatic carbocycles. The van der Waals surface area contributed by atoms with Gasteiger partial charge in [-0.3, -0.25) is 9.59 Å². The number of benzene rings is 1. The third-order valence-corrected chi connectivity index (χ3v) is 4.69. The quantitative estimate of drug-likeness (QED) is 0.594. The van der Waals surface area contributed by atoms with Gasteiger partial charge < -0.3 is 25.4 Å². The highest BCUT2D eigenvalue weighted by molar-refractivity contribution is 5.91. The van der Waals surface area contributed by atoms with Gasteiger partial charge in [-0.2, -0.15) is 0 Å². The van der Waals surface area contributed by atoms with E-state index >= 15 is 0 Å². The summed E-state index contributed by atoms with van der Waals surface area (Å²) in [6.07, 6.45) is 4.59. The van der Waals surface area contributed by atoms with Crippen LogP contribution in [-0.4, -0.2) is 44.7 Å². The van der Waals surface area contributed by atoms with Crippen LogP contribution in [0, 0.1) is 5.92 Å². The van der Waals surface area contributed by atoms with E-state index in [0.717, 1.165) is 38.8 Å². The molecule has 0 bridgehead atoms. The van der Waals surface area contributed by atoms with Gasteiger partial charge in [0, 0.05) is 24.2 Å². The van der Waals surface area contributed by atoms with Crippen LogP contribution in [0.2, 0.25) is 0 Å². The van der Waals surface area contributed by atoms with Crippen molar-refractivity contribution in [3.63, 3.8) is 0 Å². The second-order valence-corrected chi connectivity index (χ2v) is 6.94. The van der Waals surface area contributed by atoms with Gasteiger partial charge in [-0.25, -0.2) is 0 Å². The molecule has 2 fully saturated rings. The number of anilines is 1. The monoisotopic (exact) mass is 397 g/mol. The number of methoxy groups -OCH3 is 1. The van der Waals surface area contributed by atoms with Crippen LogP contribution >= 0.6 is 12.4 Å². The summed E-state index contributed by atoms with van der Waals surface area (Å²) < 4.78 is 10.9. The number of carbonyl (C=O) groups excluding carboxylic acids is 2. The van der Waals surface area contributed by atoms with Crippen molar-refractivity contribution in [3.8, 4) is 11.5 Å². The summed E-state index contributed by atoms with van der Waals surface area (Å²) in [5.41, 5.74) is 0.637. The van der Waals surface area contributed by atoms with E-state index in [4.69, 9.17) is 9.47 Å². The van der Waals surface area contributed by atoms with E-state index in [1.807, 2.05) is 0 Å². The zero-order valence-electron chi connectivity index (χ0n) is 15.6. The maximum absolute atomic E-state index is 12.2. The Kier molecular flexibility index (Phi) is 8.19. The van der Waals surface area contributed by atoms with Crippen LogP contribution in [0.3, 0.4) is 0 Å². The lowest BCUT2D eigenvalue weighted by Gasteiger charge is -2.13. The second kappa shape index (κ2) is 10.4. The maximum Gasteiger partial charge on any atom is 0.258 e. The first-order valence-electron chi connectivity index (χ1n) is 9.25. The molecule has 1 aliphatic heterocycles. The number of hydrogen-bond acceptors (Lipinski definition) is 5. The van der Waals surface area contributed by atoms with Crippen LogP contribution in [0.4, 0.5) is 5.69 Å².